The predicted octanol–water partition coefficient (Wildman–Crippen LogP) is 15.7. The van der Waals surface area contributed by atoms with Crippen LogP contribution in [0.3, 0.4) is 0 Å². The van der Waals surface area contributed by atoms with E-state index in [-0.39, 0.29) is 5.41 Å². The Hall–Kier alpha value is -7.68. The second-order valence-corrected chi connectivity index (χ2v) is 17.0. The molecule has 0 saturated heterocycles. The van der Waals surface area contributed by atoms with Gasteiger partial charge in [-0.1, -0.05) is 178 Å². The maximum atomic E-state index is 2.42. The Labute approximate surface area is 355 Å². The van der Waals surface area contributed by atoms with Crippen LogP contribution >= 0.6 is 0 Å². The molecular weight excluding hydrogens is 737 g/mol. The molecule has 0 N–H and O–H groups in total. The molecule has 12 rings (SSSR count). The van der Waals surface area contributed by atoms with E-state index in [0.29, 0.717) is 0 Å². The van der Waals surface area contributed by atoms with Crippen molar-refractivity contribution in [3.05, 3.63) is 228 Å². The molecule has 1 aliphatic rings. The van der Waals surface area contributed by atoms with E-state index < -0.39 is 0 Å². The fourth-order valence-corrected chi connectivity index (χ4v) is 10.1. The number of nitrogens with zero attached hydrogens (tertiary/aromatic N) is 2. The Kier molecular flexibility index (Phi) is 7.92. The lowest BCUT2D eigenvalue weighted by molar-refractivity contribution is 0.660. The van der Waals surface area contributed by atoms with E-state index >= 15 is 0 Å². The van der Waals surface area contributed by atoms with Gasteiger partial charge in [-0.3, -0.25) is 0 Å². The second kappa shape index (κ2) is 13.7. The minimum Gasteiger partial charge on any atom is -0.309 e. The first-order valence-corrected chi connectivity index (χ1v) is 21.3. The summed E-state index contributed by atoms with van der Waals surface area (Å²) < 4.78 is 4.79. The molecule has 2 heteroatoms. The number of rotatable bonds is 6. The first-order chi connectivity index (χ1) is 30.0. The molecule has 11 aromatic rings. The van der Waals surface area contributed by atoms with Crippen LogP contribution in [0.25, 0.3) is 101 Å². The third kappa shape index (κ3) is 5.64. The van der Waals surface area contributed by atoms with Crippen molar-refractivity contribution in [3.8, 4) is 22.5 Å². The molecule has 0 atom stereocenters. The number of fused-ring (bicyclic) bond motifs is 10. The van der Waals surface area contributed by atoms with E-state index in [9.17, 15) is 0 Å². The average Bonchev–Trinajstić information content (AvgIpc) is 3.89. The number of aromatic nitrogens is 2. The van der Waals surface area contributed by atoms with E-state index in [1.165, 1.54) is 110 Å². The molecule has 1 aliphatic carbocycles. The summed E-state index contributed by atoms with van der Waals surface area (Å²) in [7, 11) is 0. The van der Waals surface area contributed by atoms with Crippen molar-refractivity contribution in [3.63, 3.8) is 0 Å². The van der Waals surface area contributed by atoms with Gasteiger partial charge in [0.15, 0.2) is 0 Å². The van der Waals surface area contributed by atoms with Gasteiger partial charge in [-0.15, -0.1) is 0 Å². The summed E-state index contributed by atoms with van der Waals surface area (Å²) in [6.45, 7) is 4.74. The normalized spacial score (nSPS) is 13.4. The van der Waals surface area contributed by atoms with Gasteiger partial charge >= 0.3 is 0 Å². The van der Waals surface area contributed by atoms with Crippen molar-refractivity contribution in [2.75, 3.05) is 0 Å². The van der Waals surface area contributed by atoms with Crippen molar-refractivity contribution < 1.29 is 0 Å². The van der Waals surface area contributed by atoms with Gasteiger partial charge < -0.3 is 9.13 Å². The van der Waals surface area contributed by atoms with Crippen LogP contribution < -0.4 is 0 Å². The van der Waals surface area contributed by atoms with Crippen LogP contribution in [0.2, 0.25) is 0 Å². The third-order valence-corrected chi connectivity index (χ3v) is 13.1. The fraction of sp³-hybridized carbons (Fsp3) is 0.0508. The zero-order valence-electron chi connectivity index (χ0n) is 34.2. The molecule has 0 fully saturated rings. The van der Waals surface area contributed by atoms with E-state index in [0.717, 1.165) is 0 Å². The standard InChI is InChI=1S/C59H42N2/c1-59(2)52-37-41(25-23-39-29-33-57-50(35-39)48-18-8-10-20-55(48)60(57)44-15-4-3-5-16-44)27-31-46(52)47-32-28-42(38-53(47)59)26-24-40-30-34-58-51(36-40)49-19-9-11-21-56(49)61(58)54-22-12-14-43-13-6-7-17-45(43)54/h3-38H,1-2H3. The second-order valence-electron chi connectivity index (χ2n) is 17.0. The molecule has 0 bridgehead atoms. The lowest BCUT2D eigenvalue weighted by Gasteiger charge is -2.22. The predicted molar refractivity (Wildman–Crippen MR) is 261 cm³/mol. The van der Waals surface area contributed by atoms with Gasteiger partial charge in [0, 0.05) is 38.0 Å². The van der Waals surface area contributed by atoms with Gasteiger partial charge in [-0.25, -0.2) is 0 Å². The highest BCUT2D eigenvalue weighted by Crippen LogP contribution is 2.49. The highest BCUT2D eigenvalue weighted by molar-refractivity contribution is 6.12. The molecular formula is C59H42N2. The summed E-state index contributed by atoms with van der Waals surface area (Å²) in [6, 6.07) is 71.1. The van der Waals surface area contributed by atoms with Crippen LogP contribution in [0.1, 0.15) is 47.2 Å². The van der Waals surface area contributed by atoms with E-state index in [4.69, 9.17) is 0 Å². The smallest absolute Gasteiger partial charge is 0.0541 e. The minimum atomic E-state index is -0.126. The third-order valence-electron chi connectivity index (χ3n) is 13.1. The molecule has 0 radical (unpaired) electrons. The number of hydrogen-bond acceptors (Lipinski definition) is 0. The monoisotopic (exact) mass is 778 g/mol. The summed E-state index contributed by atoms with van der Waals surface area (Å²) >= 11 is 0. The molecule has 2 nitrogen and oxygen atoms in total. The van der Waals surface area contributed by atoms with Crippen LogP contribution in [-0.2, 0) is 5.41 Å². The first-order valence-electron chi connectivity index (χ1n) is 21.3. The van der Waals surface area contributed by atoms with E-state index in [1.807, 2.05) is 0 Å². The van der Waals surface area contributed by atoms with Gasteiger partial charge in [0.1, 0.15) is 0 Å². The zero-order valence-corrected chi connectivity index (χ0v) is 34.2. The molecule has 2 aromatic heterocycles. The Balaban J connectivity index is 0.840. The molecule has 0 saturated carbocycles. The van der Waals surface area contributed by atoms with Crippen LogP contribution in [0.5, 0.6) is 0 Å². The fourth-order valence-electron chi connectivity index (χ4n) is 10.1. The first kappa shape index (κ1) is 35.3. The average molecular weight is 779 g/mol. The van der Waals surface area contributed by atoms with Crippen molar-refractivity contribution >= 4 is 78.7 Å². The topological polar surface area (TPSA) is 9.86 Å². The van der Waals surface area contributed by atoms with Crippen LogP contribution in [-0.4, -0.2) is 9.13 Å². The molecule has 0 aliphatic heterocycles. The van der Waals surface area contributed by atoms with Gasteiger partial charge in [0.2, 0.25) is 0 Å². The van der Waals surface area contributed by atoms with Gasteiger partial charge in [-0.2, -0.15) is 0 Å². The zero-order chi connectivity index (χ0) is 40.7. The molecule has 0 spiro atoms. The lowest BCUT2D eigenvalue weighted by Crippen LogP contribution is -2.15. The van der Waals surface area contributed by atoms with Crippen LogP contribution in [0, 0.1) is 0 Å². The molecule has 9 aromatic carbocycles. The van der Waals surface area contributed by atoms with E-state index in [1.54, 1.807) is 0 Å². The Morgan fingerprint density at radius 2 is 0.787 bits per heavy atom. The van der Waals surface area contributed by atoms with Crippen molar-refractivity contribution in [2.45, 2.75) is 19.3 Å². The van der Waals surface area contributed by atoms with Crippen molar-refractivity contribution in [2.24, 2.45) is 0 Å². The van der Waals surface area contributed by atoms with Crippen molar-refractivity contribution in [1.82, 2.24) is 9.13 Å². The maximum absolute atomic E-state index is 2.42. The number of hydrogen-bond donors (Lipinski definition) is 0. The summed E-state index contributed by atoms with van der Waals surface area (Å²) in [5, 5.41) is 7.56. The molecule has 288 valence electrons. The number of para-hydroxylation sites is 3. The quantitative estimate of drug-likeness (QED) is 0.149. The molecule has 2 heterocycles. The molecule has 0 amide bonds. The largest absolute Gasteiger partial charge is 0.309 e. The Morgan fingerprint density at radius 3 is 1.39 bits per heavy atom. The SMILES string of the molecule is CC1(C)c2cc(C=Cc3ccc4c(c3)c3ccccc3n4-c3ccccc3)ccc2-c2ccc(C=Cc3ccc4c(c3)c3ccccc3n4-c3cccc4ccccc34)cc21. The molecule has 61 heavy (non-hydrogen) atoms. The molecule has 0 unspecified atom stereocenters. The highest BCUT2D eigenvalue weighted by atomic mass is 15.0. The van der Waals surface area contributed by atoms with Gasteiger partial charge in [-0.05, 0) is 104 Å². The van der Waals surface area contributed by atoms with Crippen LogP contribution in [0.4, 0.5) is 0 Å². The maximum Gasteiger partial charge on any atom is 0.0541 e. The van der Waals surface area contributed by atoms with Crippen molar-refractivity contribution in [1.29, 1.82) is 0 Å². The summed E-state index contributed by atoms with van der Waals surface area (Å²) in [6.07, 6.45) is 9.06. The summed E-state index contributed by atoms with van der Waals surface area (Å²) in [5.74, 6) is 0. The van der Waals surface area contributed by atoms with E-state index in [2.05, 4.69) is 241 Å². The van der Waals surface area contributed by atoms with Crippen LogP contribution in [0.15, 0.2) is 194 Å². The van der Waals surface area contributed by atoms with Gasteiger partial charge in [0.05, 0.1) is 27.8 Å². The van der Waals surface area contributed by atoms with Gasteiger partial charge in [0.25, 0.3) is 0 Å². The Morgan fingerprint density at radius 1 is 0.344 bits per heavy atom. The highest BCUT2D eigenvalue weighted by Gasteiger charge is 2.35. The summed E-state index contributed by atoms with van der Waals surface area (Å²) in [4.78, 5) is 0. The number of benzene rings is 9. The summed E-state index contributed by atoms with van der Waals surface area (Å²) in [5.41, 5.74) is 17.4. The minimum absolute atomic E-state index is 0.126. The lowest BCUT2D eigenvalue weighted by atomic mass is 9.81. The Bertz CT molecular complexity index is 3600.